The molecular weight excluding hydrogens is 1050 g/mol. The molecule has 0 N–H and O–H groups in total. The molecule has 0 aliphatic rings. The number of benzene rings is 5. The third-order valence-electron chi connectivity index (χ3n) is 18.4. The van der Waals surface area contributed by atoms with Crippen LogP contribution in [0.3, 0.4) is 0 Å². The van der Waals surface area contributed by atoms with Crippen molar-refractivity contribution in [2.75, 3.05) is 0 Å². The second kappa shape index (κ2) is 43.1. The van der Waals surface area contributed by atoms with Crippen molar-refractivity contribution in [2.24, 2.45) is 0 Å². The van der Waals surface area contributed by atoms with Crippen molar-refractivity contribution >= 4 is 38.2 Å². The van der Waals surface area contributed by atoms with Gasteiger partial charge in [-0.1, -0.05) is 175 Å². The Labute approximate surface area is 512 Å². The molecule has 5 heteroatoms. The molecule has 0 heterocycles. The first kappa shape index (κ1) is 70.2. The summed E-state index contributed by atoms with van der Waals surface area (Å²) in [4.78, 5) is 0.380. The molecule has 0 amide bonds. The fourth-order valence-electron chi connectivity index (χ4n) is 13.4. The van der Waals surface area contributed by atoms with Gasteiger partial charge in [0, 0.05) is 0 Å². The van der Waals surface area contributed by atoms with Crippen LogP contribution in [-0.4, -0.2) is 8.42 Å². The van der Waals surface area contributed by atoms with Crippen molar-refractivity contribution < 1.29 is 12.4 Å². The van der Waals surface area contributed by atoms with Gasteiger partial charge in [-0.15, -0.1) is 0 Å². The van der Waals surface area contributed by atoms with Crippen molar-refractivity contribution in [3.8, 4) is 0 Å². The summed E-state index contributed by atoms with van der Waals surface area (Å²) in [7, 11) is -4.46. The Hall–Kier alpha value is -3.56. The van der Waals surface area contributed by atoms with E-state index >= 15 is 8.42 Å². The predicted octanol–water partition coefficient (Wildman–Crippen LogP) is 23.2. The summed E-state index contributed by atoms with van der Waals surface area (Å²) in [5.41, 5.74) is 3.70. The Kier molecular flexibility index (Phi) is 36.5. The summed E-state index contributed by atoms with van der Waals surface area (Å²) in [5, 5.41) is 3.49. The Morgan fingerprint density at radius 2 is 0.494 bits per heavy atom. The van der Waals surface area contributed by atoms with E-state index in [0.29, 0.717) is 4.90 Å². The van der Waals surface area contributed by atoms with Crippen LogP contribution in [0, 0.1) is 0 Å². The van der Waals surface area contributed by atoms with Crippen LogP contribution in [-0.2, 0) is 33.4 Å². The van der Waals surface area contributed by atoms with Crippen LogP contribution < -0.4 is 21.2 Å². The molecule has 0 aliphatic heterocycles. The van der Waals surface area contributed by atoms with Gasteiger partial charge in [-0.2, -0.15) is 0 Å². The van der Waals surface area contributed by atoms with E-state index in [1.54, 1.807) is 0 Å². The summed E-state index contributed by atoms with van der Waals surface area (Å²) in [5.74, 6) is 0. The molecule has 5 aromatic rings. The van der Waals surface area contributed by atoms with Crippen molar-refractivity contribution in [1.29, 1.82) is 0 Å². The first-order chi connectivity index (χ1) is 40.9. The van der Waals surface area contributed by atoms with Crippen LogP contribution in [0.2, 0.25) is 0 Å². The van der Waals surface area contributed by atoms with E-state index < -0.39 is 16.9 Å². The maximum atomic E-state index is 16.5. The van der Waals surface area contributed by atoms with Crippen molar-refractivity contribution in [2.45, 2.75) is 315 Å². The summed E-state index contributed by atoms with van der Waals surface area (Å²) in [6.07, 6.45) is 58.2. The zero-order valence-electron chi connectivity index (χ0n) is 53.6. The van der Waals surface area contributed by atoms with Gasteiger partial charge in [0.15, 0.2) is 0 Å². The Balaban J connectivity index is 1.44. The van der Waals surface area contributed by atoms with Crippen LogP contribution in [0.5, 0.6) is 0 Å². The Morgan fingerprint density at radius 3 is 0.759 bits per heavy atom. The van der Waals surface area contributed by atoms with Crippen LogP contribution in [0.4, 0.5) is 0 Å². The molecule has 0 fully saturated rings. The van der Waals surface area contributed by atoms with Crippen molar-refractivity contribution in [1.82, 2.24) is 0 Å². The first-order valence-electron chi connectivity index (χ1n) is 35.3. The molecule has 462 valence electrons. The van der Waals surface area contributed by atoms with Crippen molar-refractivity contribution in [3.05, 3.63) is 150 Å². The SMILES string of the molecule is CCCCCCCCCCCCCCCCc1ccc(S(=O)(=O)OP(c2ccccc2)(c2ccccc2)(c2ccccc2)c2ccccc2)c(CCCCCCCCCCCCCCCC)c1CCCCCCCCCCCCCCCC. The zero-order chi connectivity index (χ0) is 58.6. The predicted molar refractivity (Wildman–Crippen MR) is 368 cm³/mol. The summed E-state index contributed by atoms with van der Waals surface area (Å²) in [6.45, 7) is 2.35. The molecule has 0 aliphatic carbocycles. The van der Waals surface area contributed by atoms with Gasteiger partial charge in [0.1, 0.15) is 0 Å². The molecule has 5 rings (SSSR count). The van der Waals surface area contributed by atoms with Crippen LogP contribution >= 0.6 is 6.83 Å². The van der Waals surface area contributed by atoms with E-state index in [2.05, 4.69) is 75.4 Å². The fourth-order valence-corrected chi connectivity index (χ4v) is 22.2. The molecule has 5 aromatic carbocycles. The average Bonchev–Trinajstić information content (AvgIpc) is 3.06. The quantitative estimate of drug-likeness (QED) is 0.0288. The van der Waals surface area contributed by atoms with E-state index in [9.17, 15) is 0 Å². The van der Waals surface area contributed by atoms with Crippen LogP contribution in [0.15, 0.2) is 138 Å². The molecule has 0 unspecified atom stereocenters. The van der Waals surface area contributed by atoms with Gasteiger partial charge in [-0.25, -0.2) is 0 Å². The number of hydrogen-bond acceptors (Lipinski definition) is 3. The molecule has 0 bridgehead atoms. The molecule has 0 radical (unpaired) electrons. The van der Waals surface area contributed by atoms with Crippen LogP contribution in [0.25, 0.3) is 0 Å². The van der Waals surface area contributed by atoms with Gasteiger partial charge in [-0.3, -0.25) is 0 Å². The second-order valence-corrected chi connectivity index (χ2v) is 31.2. The fraction of sp³-hybridized carbons (Fsp3) is 0.615. The van der Waals surface area contributed by atoms with Gasteiger partial charge in [0.2, 0.25) is 0 Å². The monoisotopic (exact) mass is 1170 g/mol. The molecule has 0 saturated carbocycles. The normalized spacial score (nSPS) is 12.4. The van der Waals surface area contributed by atoms with E-state index in [1.807, 2.05) is 78.9 Å². The standard InChI is InChI=1S/C78H121O3PS/c1-4-7-10-13-16-19-22-25-28-31-34-37-40-47-58-71-69-70-78(83(79,80)81-82(72-59-48-43-49-60-72,73-61-50-44-51-62-73,74-63-52-45-53-64-74)75-65-54-46-55-66-75)77(68-57-42-39-36-33-30-27-24-21-18-15-12-9-6-3)76(71)67-56-41-38-35-32-29-26-23-20-17-14-11-8-5-2/h43-46,48-55,59-66,69-70H,4-42,47,56-58,67-68H2,1-3H3. The van der Waals surface area contributed by atoms with Gasteiger partial charge < -0.3 is 0 Å². The minimum absolute atomic E-state index is 0.380. The van der Waals surface area contributed by atoms with E-state index in [0.717, 1.165) is 71.7 Å². The van der Waals surface area contributed by atoms with Gasteiger partial charge in [0.25, 0.3) is 0 Å². The van der Waals surface area contributed by atoms with Gasteiger partial charge in [-0.05, 0) is 0 Å². The average molecular weight is 1170 g/mol. The van der Waals surface area contributed by atoms with E-state index in [4.69, 9.17) is 3.97 Å². The summed E-state index contributed by atoms with van der Waals surface area (Å²) < 4.78 is 40.7. The molecular formula is C78H121O3PS. The molecule has 0 aromatic heterocycles. The number of aryl methyl sites for hydroxylation is 1. The topological polar surface area (TPSA) is 43.4 Å². The smallest absolute Gasteiger partial charge is 0.0654 e. The summed E-state index contributed by atoms with van der Waals surface area (Å²) in [6, 6.07) is 45.5. The number of hydrogen-bond donors (Lipinski definition) is 0. The van der Waals surface area contributed by atoms with Crippen molar-refractivity contribution in [3.63, 3.8) is 0 Å². The number of unbranched alkanes of at least 4 members (excludes halogenated alkanes) is 39. The summed E-state index contributed by atoms with van der Waals surface area (Å²) >= 11 is 0. The zero-order valence-corrected chi connectivity index (χ0v) is 55.3. The van der Waals surface area contributed by atoms with E-state index in [1.165, 1.54) is 255 Å². The third-order valence-corrected chi connectivity index (χ3v) is 26.4. The molecule has 83 heavy (non-hydrogen) atoms. The molecule has 0 saturated heterocycles. The Bertz CT molecular complexity index is 2290. The van der Waals surface area contributed by atoms with Crippen LogP contribution in [0.1, 0.15) is 307 Å². The number of rotatable bonds is 52. The molecule has 3 nitrogen and oxygen atoms in total. The maximum absolute atomic E-state index is 16.5. The molecule has 0 spiro atoms. The van der Waals surface area contributed by atoms with E-state index in [-0.39, 0.29) is 0 Å². The van der Waals surface area contributed by atoms with Gasteiger partial charge in [0.05, 0.1) is 0 Å². The third kappa shape index (κ3) is 23.9. The first-order valence-corrected chi connectivity index (χ1v) is 38.8. The van der Waals surface area contributed by atoms with Gasteiger partial charge >= 0.3 is 340 Å². The minimum Gasteiger partial charge on any atom is -0.0654 e. The minimum atomic E-state index is -4.55. The Morgan fingerprint density at radius 1 is 0.265 bits per heavy atom. The second-order valence-electron chi connectivity index (χ2n) is 25.1. The molecule has 0 atom stereocenters.